The number of rotatable bonds is 12. The molecule has 15 heteroatoms. The number of methoxy groups -OCH3 is 1. The van der Waals surface area contributed by atoms with Crippen molar-refractivity contribution in [1.82, 2.24) is 15.2 Å². The molecular formula is C28H33F2N5O8. The molecule has 1 aromatic carbocycles. The van der Waals surface area contributed by atoms with E-state index in [1.54, 1.807) is 9.47 Å². The molecule has 43 heavy (non-hydrogen) atoms. The number of amides is 2. The van der Waals surface area contributed by atoms with E-state index in [9.17, 15) is 29.1 Å². The number of hydrogen-bond donors (Lipinski definition) is 5. The van der Waals surface area contributed by atoms with Gasteiger partial charge in [0, 0.05) is 31.7 Å². The molecule has 13 nitrogen and oxygen atoms in total. The van der Waals surface area contributed by atoms with Gasteiger partial charge in [-0.25, -0.2) is 13.6 Å². The van der Waals surface area contributed by atoms with E-state index in [4.69, 9.17) is 15.6 Å². The van der Waals surface area contributed by atoms with Gasteiger partial charge in [-0.05, 0) is 43.7 Å². The number of piperidine rings is 1. The van der Waals surface area contributed by atoms with E-state index in [-0.39, 0.29) is 47.8 Å². The van der Waals surface area contributed by atoms with E-state index in [2.05, 4.69) is 10.6 Å². The zero-order valence-electron chi connectivity index (χ0n) is 23.5. The van der Waals surface area contributed by atoms with Gasteiger partial charge >= 0.3 is 11.9 Å². The van der Waals surface area contributed by atoms with Gasteiger partial charge in [-0.3, -0.25) is 19.2 Å². The van der Waals surface area contributed by atoms with Crippen molar-refractivity contribution in [3.63, 3.8) is 0 Å². The molecule has 0 bridgehead atoms. The molecule has 1 aliphatic heterocycles. The quantitative estimate of drug-likeness (QED) is 0.236. The predicted octanol–water partition coefficient (Wildman–Crippen LogP) is 1.43. The predicted molar refractivity (Wildman–Crippen MR) is 150 cm³/mol. The number of aliphatic carboxylic acids is 1. The Morgan fingerprint density at radius 2 is 1.91 bits per heavy atom. The van der Waals surface area contributed by atoms with E-state index >= 15 is 8.78 Å². The van der Waals surface area contributed by atoms with Crippen LogP contribution in [0.4, 0.5) is 14.5 Å². The van der Waals surface area contributed by atoms with Crippen molar-refractivity contribution >= 4 is 40.3 Å². The van der Waals surface area contributed by atoms with Crippen molar-refractivity contribution in [1.29, 1.82) is 0 Å². The highest BCUT2D eigenvalue weighted by Crippen LogP contribution is 2.44. The first-order valence-electron chi connectivity index (χ1n) is 13.7. The molecule has 6 N–H and O–H groups in total. The number of nitrogens with one attached hydrogen (secondary N) is 2. The minimum atomic E-state index is -1.42. The molecule has 1 aromatic heterocycles. The van der Waals surface area contributed by atoms with Gasteiger partial charge in [-0.2, -0.15) is 0 Å². The van der Waals surface area contributed by atoms with Crippen LogP contribution in [0.5, 0.6) is 5.75 Å². The molecule has 4 rings (SSSR count). The van der Waals surface area contributed by atoms with Crippen LogP contribution in [0.15, 0.2) is 28.5 Å². The van der Waals surface area contributed by atoms with Crippen LogP contribution < -0.4 is 31.4 Å². The molecule has 2 aliphatic rings. The lowest BCUT2D eigenvalue weighted by Gasteiger charge is -2.33. The first-order valence-corrected chi connectivity index (χ1v) is 13.7. The third-order valence-corrected chi connectivity index (χ3v) is 7.43. The average Bonchev–Trinajstić information content (AvgIpc) is 3.82. The Balaban J connectivity index is 1.51. The number of aromatic nitrogens is 1. The molecule has 1 unspecified atom stereocenters. The Morgan fingerprint density at radius 1 is 1.19 bits per heavy atom. The summed E-state index contributed by atoms with van der Waals surface area (Å²) in [6.45, 7) is -0.646. The Labute approximate surface area is 244 Å². The van der Waals surface area contributed by atoms with Crippen molar-refractivity contribution in [3.05, 3.63) is 45.3 Å². The summed E-state index contributed by atoms with van der Waals surface area (Å²) >= 11 is 0. The molecule has 2 fully saturated rings. The number of hydrogen-bond acceptors (Lipinski definition) is 8. The summed E-state index contributed by atoms with van der Waals surface area (Å²) in [5.74, 6) is -5.34. The molecule has 232 valence electrons. The Morgan fingerprint density at radius 3 is 2.53 bits per heavy atom. The van der Waals surface area contributed by atoms with Gasteiger partial charge in [0.25, 0.3) is 0 Å². The zero-order chi connectivity index (χ0) is 31.4. The number of ether oxygens (including phenoxy) is 1. The Hall–Kier alpha value is -4.53. The summed E-state index contributed by atoms with van der Waals surface area (Å²) in [6.07, 6.45) is 3.14. The van der Waals surface area contributed by atoms with Crippen molar-refractivity contribution in [2.45, 2.75) is 50.6 Å². The SMILES string of the molecule is COc1c(N2CCCC(=C(F)CNC(=O)CNC(=O)C(N)CCC(=O)O)C2)c(F)cc2c(=O)c(C(=O)O)cn(C3CC3)c12. The van der Waals surface area contributed by atoms with E-state index in [0.29, 0.717) is 25.0 Å². The van der Waals surface area contributed by atoms with Gasteiger partial charge in [-0.15, -0.1) is 0 Å². The fourth-order valence-corrected chi connectivity index (χ4v) is 5.08. The molecule has 1 saturated carbocycles. The maximum Gasteiger partial charge on any atom is 0.341 e. The highest BCUT2D eigenvalue weighted by atomic mass is 19.1. The van der Waals surface area contributed by atoms with Crippen LogP contribution in [0.25, 0.3) is 10.9 Å². The molecule has 2 heterocycles. The van der Waals surface area contributed by atoms with Crippen LogP contribution in [0.2, 0.25) is 0 Å². The number of anilines is 1. The number of carbonyl (C=O) groups is 4. The summed E-state index contributed by atoms with van der Waals surface area (Å²) in [6, 6.07) is -0.185. The van der Waals surface area contributed by atoms with E-state index in [1.807, 2.05) is 0 Å². The van der Waals surface area contributed by atoms with Gasteiger partial charge in [-0.1, -0.05) is 0 Å². The monoisotopic (exact) mass is 605 g/mol. The molecule has 0 radical (unpaired) electrons. The second-order valence-electron chi connectivity index (χ2n) is 10.5. The second-order valence-corrected chi connectivity index (χ2v) is 10.5. The highest BCUT2D eigenvalue weighted by molar-refractivity contribution is 5.97. The molecule has 1 atom stereocenters. The normalized spacial score (nSPS) is 16.9. The number of carboxylic acids is 2. The smallest absolute Gasteiger partial charge is 0.341 e. The lowest BCUT2D eigenvalue weighted by Crippen LogP contribution is -2.45. The summed E-state index contributed by atoms with van der Waals surface area (Å²) in [4.78, 5) is 60.9. The maximum absolute atomic E-state index is 15.6. The van der Waals surface area contributed by atoms with Crippen LogP contribution in [-0.4, -0.2) is 77.9 Å². The number of halogens is 2. The zero-order valence-corrected chi connectivity index (χ0v) is 23.5. The van der Waals surface area contributed by atoms with Crippen LogP contribution in [-0.2, 0) is 14.4 Å². The van der Waals surface area contributed by atoms with Crippen molar-refractivity contribution < 1.29 is 42.9 Å². The van der Waals surface area contributed by atoms with Crippen molar-refractivity contribution in [3.8, 4) is 5.75 Å². The van der Waals surface area contributed by atoms with Gasteiger partial charge in [0.1, 0.15) is 17.1 Å². The van der Waals surface area contributed by atoms with E-state index in [1.165, 1.54) is 13.3 Å². The number of nitrogens with two attached hydrogens (primary N) is 1. The fraction of sp³-hybridized carbons (Fsp3) is 0.464. The molecule has 0 spiro atoms. The number of aromatic carboxylic acids is 1. The van der Waals surface area contributed by atoms with E-state index in [0.717, 1.165) is 18.9 Å². The van der Waals surface area contributed by atoms with Crippen LogP contribution in [0.3, 0.4) is 0 Å². The molecule has 1 aliphatic carbocycles. The van der Waals surface area contributed by atoms with Crippen LogP contribution in [0, 0.1) is 5.82 Å². The fourth-order valence-electron chi connectivity index (χ4n) is 5.08. The van der Waals surface area contributed by atoms with Gasteiger partial charge in [0.2, 0.25) is 17.2 Å². The lowest BCUT2D eigenvalue weighted by molar-refractivity contribution is -0.137. The second kappa shape index (κ2) is 13.2. The first kappa shape index (κ1) is 31.4. The Kier molecular flexibility index (Phi) is 9.63. The molecule has 1 saturated heterocycles. The third-order valence-electron chi connectivity index (χ3n) is 7.43. The number of carboxylic acid groups (broad SMARTS) is 2. The van der Waals surface area contributed by atoms with Crippen LogP contribution >= 0.6 is 0 Å². The molecular weight excluding hydrogens is 572 g/mol. The summed E-state index contributed by atoms with van der Waals surface area (Å²) in [5, 5.41) is 22.7. The molecule has 2 aromatic rings. The first-order chi connectivity index (χ1) is 20.4. The van der Waals surface area contributed by atoms with Crippen molar-refractivity contribution in [2.24, 2.45) is 5.73 Å². The Bertz CT molecular complexity index is 1550. The third kappa shape index (κ3) is 7.10. The minimum absolute atomic E-state index is 0.0165. The number of pyridine rings is 1. The largest absolute Gasteiger partial charge is 0.492 e. The number of benzene rings is 1. The maximum atomic E-state index is 15.6. The summed E-state index contributed by atoms with van der Waals surface area (Å²) in [7, 11) is 1.32. The summed E-state index contributed by atoms with van der Waals surface area (Å²) in [5.41, 5.74) is 4.89. The van der Waals surface area contributed by atoms with Gasteiger partial charge in [0.05, 0.1) is 37.1 Å². The standard InChI is InChI=1S/C28H33F2N5O8/c1-43-26-23-16(25(39)17(28(41)42)13-35(23)15-4-5-15)9-18(29)24(26)34-8-2-3-14(12-34)19(30)10-32-21(36)11-33-27(40)20(31)6-7-22(37)38/h9,13,15,20H,2-8,10-12,31H2,1H3,(H,32,36)(H,33,40)(H,37,38)(H,41,42). The van der Waals surface area contributed by atoms with Crippen LogP contribution in [0.1, 0.15) is 54.9 Å². The number of nitrogens with zero attached hydrogens (tertiary/aromatic N) is 2. The highest BCUT2D eigenvalue weighted by Gasteiger charge is 2.32. The van der Waals surface area contributed by atoms with Crippen molar-refractivity contribution in [2.75, 3.05) is 38.2 Å². The average molecular weight is 606 g/mol. The minimum Gasteiger partial charge on any atom is -0.492 e. The molecule has 2 amide bonds. The number of carbonyl (C=O) groups excluding carboxylic acids is 2. The van der Waals surface area contributed by atoms with E-state index < -0.39 is 65.5 Å². The van der Waals surface area contributed by atoms with Gasteiger partial charge < -0.3 is 40.8 Å². The van der Waals surface area contributed by atoms with Gasteiger partial charge in [0.15, 0.2) is 11.6 Å². The lowest BCUT2D eigenvalue weighted by atomic mass is 10.0. The number of fused-ring (bicyclic) bond motifs is 1. The topological polar surface area (TPSA) is 193 Å². The summed E-state index contributed by atoms with van der Waals surface area (Å²) < 4.78 is 38.0.